The van der Waals surface area contributed by atoms with Crippen LogP contribution in [0.2, 0.25) is 0 Å². The predicted octanol–water partition coefficient (Wildman–Crippen LogP) is 5.93. The molecule has 136 valence electrons. The van der Waals surface area contributed by atoms with Gasteiger partial charge in [-0.25, -0.2) is 13.2 Å². The molecule has 2 rings (SSSR count). The molecular weight excluding hydrogens is 320 g/mol. The third-order valence-electron chi connectivity index (χ3n) is 5.02. The van der Waals surface area contributed by atoms with E-state index in [2.05, 4.69) is 6.92 Å². The van der Waals surface area contributed by atoms with Gasteiger partial charge in [0.25, 0.3) is 0 Å². The number of benzene rings is 1. The lowest BCUT2D eigenvalue weighted by Gasteiger charge is -2.31. The molecular formula is C19H26F4O. The van der Waals surface area contributed by atoms with E-state index in [1.54, 1.807) is 0 Å². The summed E-state index contributed by atoms with van der Waals surface area (Å²) in [5, 5.41) is 0. The lowest BCUT2D eigenvalue weighted by atomic mass is 9.77. The van der Waals surface area contributed by atoms with Crippen molar-refractivity contribution in [3.8, 4) is 5.75 Å². The van der Waals surface area contributed by atoms with Gasteiger partial charge in [-0.1, -0.05) is 38.7 Å². The average molecular weight is 346 g/mol. The summed E-state index contributed by atoms with van der Waals surface area (Å²) >= 11 is 0. The monoisotopic (exact) mass is 346 g/mol. The van der Waals surface area contributed by atoms with Crippen LogP contribution in [0.1, 0.15) is 51.0 Å². The molecule has 0 N–H and O–H groups in total. The molecule has 1 saturated carbocycles. The minimum Gasteiger partial charge on any atom is -0.487 e. The molecule has 0 aromatic heterocycles. The Morgan fingerprint density at radius 3 is 2.38 bits per heavy atom. The first-order chi connectivity index (χ1) is 11.4. The van der Waals surface area contributed by atoms with Crippen molar-refractivity contribution < 1.29 is 22.3 Å². The summed E-state index contributed by atoms with van der Waals surface area (Å²) in [6.07, 6.45) is 2.04. The normalized spacial score (nSPS) is 23.8. The molecule has 0 heterocycles. The van der Waals surface area contributed by atoms with E-state index in [4.69, 9.17) is 4.74 Å². The van der Waals surface area contributed by atoms with Crippen LogP contribution in [-0.4, -0.2) is 19.0 Å². The van der Waals surface area contributed by atoms with Crippen LogP contribution in [0.15, 0.2) is 12.1 Å². The van der Waals surface area contributed by atoms with Gasteiger partial charge in [0.15, 0.2) is 17.7 Å². The van der Waals surface area contributed by atoms with Crippen LogP contribution in [0.4, 0.5) is 17.6 Å². The van der Waals surface area contributed by atoms with Crippen LogP contribution in [0.5, 0.6) is 5.75 Å². The Balaban J connectivity index is 1.84. The van der Waals surface area contributed by atoms with Crippen molar-refractivity contribution >= 4 is 0 Å². The number of ether oxygens (including phenoxy) is 1. The Kier molecular flexibility index (Phi) is 6.93. The molecule has 0 spiro atoms. The van der Waals surface area contributed by atoms with E-state index in [0.717, 1.165) is 25.7 Å². The van der Waals surface area contributed by atoms with Crippen LogP contribution < -0.4 is 4.74 Å². The molecule has 1 fully saturated rings. The van der Waals surface area contributed by atoms with Gasteiger partial charge in [0.2, 0.25) is 5.82 Å². The topological polar surface area (TPSA) is 9.23 Å². The summed E-state index contributed by atoms with van der Waals surface area (Å²) in [4.78, 5) is 0. The maximum atomic E-state index is 14.3. The van der Waals surface area contributed by atoms with Gasteiger partial charge in [0, 0.05) is 0 Å². The highest BCUT2D eigenvalue weighted by molar-refractivity contribution is 5.30. The number of hydrogen-bond donors (Lipinski definition) is 0. The summed E-state index contributed by atoms with van der Waals surface area (Å²) in [5.74, 6) is -2.24. The molecule has 1 aromatic carbocycles. The number of hydrogen-bond acceptors (Lipinski definition) is 1. The van der Waals surface area contributed by atoms with E-state index in [1.807, 2.05) is 0 Å². The van der Waals surface area contributed by atoms with Gasteiger partial charge in [-0.2, -0.15) is 4.39 Å². The summed E-state index contributed by atoms with van der Waals surface area (Å²) in [6, 6.07) is 2.59. The fourth-order valence-electron chi connectivity index (χ4n) is 3.50. The first-order valence-electron chi connectivity index (χ1n) is 8.79. The van der Waals surface area contributed by atoms with Crippen molar-refractivity contribution in [2.24, 2.45) is 11.8 Å². The third-order valence-corrected chi connectivity index (χ3v) is 5.02. The molecule has 0 radical (unpaired) electrons. The van der Waals surface area contributed by atoms with Crippen LogP contribution >= 0.6 is 0 Å². The highest BCUT2D eigenvalue weighted by Gasteiger charge is 2.33. The fourth-order valence-corrected chi connectivity index (χ4v) is 3.50. The standard InChI is InChI=1S/C19H26F4O/c1-3-4-13-6-8-14(9-7-13)18(22)15(20)11-24-16-10-5-12(2)17(21)19(16)23/h5,10,13-15,18H,3-4,6-9,11H2,1-2H3/t13?,14?,15-,18-/m1/s1. The molecule has 0 amide bonds. The zero-order chi connectivity index (χ0) is 17.7. The molecule has 0 aliphatic heterocycles. The second-order valence-corrected chi connectivity index (χ2v) is 6.85. The summed E-state index contributed by atoms with van der Waals surface area (Å²) < 4.78 is 60.5. The van der Waals surface area contributed by atoms with E-state index in [1.165, 1.54) is 19.1 Å². The summed E-state index contributed by atoms with van der Waals surface area (Å²) in [7, 11) is 0. The number of halogens is 4. The van der Waals surface area contributed by atoms with Crippen molar-refractivity contribution in [1.82, 2.24) is 0 Å². The summed E-state index contributed by atoms with van der Waals surface area (Å²) in [6.45, 7) is 2.95. The van der Waals surface area contributed by atoms with Crippen LogP contribution in [-0.2, 0) is 0 Å². The minimum absolute atomic E-state index is 0.142. The zero-order valence-corrected chi connectivity index (χ0v) is 14.3. The molecule has 1 aliphatic carbocycles. The average Bonchev–Trinajstić information content (AvgIpc) is 2.59. The maximum Gasteiger partial charge on any atom is 0.200 e. The fraction of sp³-hybridized carbons (Fsp3) is 0.684. The molecule has 0 bridgehead atoms. The highest BCUT2D eigenvalue weighted by atomic mass is 19.2. The lowest BCUT2D eigenvalue weighted by Crippen LogP contribution is -2.33. The second-order valence-electron chi connectivity index (χ2n) is 6.85. The second kappa shape index (κ2) is 8.72. The SMILES string of the molecule is CCCC1CCC([C@@H](F)[C@H](F)COc2ccc(C)c(F)c2F)CC1. The van der Waals surface area contributed by atoms with E-state index in [0.29, 0.717) is 18.8 Å². The van der Waals surface area contributed by atoms with Gasteiger partial charge in [0.1, 0.15) is 12.8 Å². The quantitative estimate of drug-likeness (QED) is 0.556. The molecule has 0 saturated heterocycles. The van der Waals surface area contributed by atoms with Crippen molar-refractivity contribution in [3.05, 3.63) is 29.3 Å². The van der Waals surface area contributed by atoms with Crippen LogP contribution in [0, 0.1) is 30.4 Å². The third kappa shape index (κ3) is 4.64. The van der Waals surface area contributed by atoms with E-state index in [-0.39, 0.29) is 17.2 Å². The Labute approximate surface area is 141 Å². The number of alkyl halides is 2. The molecule has 5 heteroatoms. The van der Waals surface area contributed by atoms with E-state index in [9.17, 15) is 17.6 Å². The summed E-state index contributed by atoms with van der Waals surface area (Å²) in [5.41, 5.74) is 0.142. The van der Waals surface area contributed by atoms with Gasteiger partial charge >= 0.3 is 0 Å². The van der Waals surface area contributed by atoms with Crippen LogP contribution in [0.3, 0.4) is 0 Å². The molecule has 24 heavy (non-hydrogen) atoms. The highest BCUT2D eigenvalue weighted by Crippen LogP contribution is 2.36. The minimum atomic E-state index is -1.83. The van der Waals surface area contributed by atoms with Gasteiger partial charge in [0.05, 0.1) is 0 Å². The first kappa shape index (κ1) is 19.1. The molecule has 2 atom stereocenters. The van der Waals surface area contributed by atoms with Crippen molar-refractivity contribution in [2.75, 3.05) is 6.61 Å². The Morgan fingerprint density at radius 1 is 1.08 bits per heavy atom. The van der Waals surface area contributed by atoms with E-state index >= 15 is 0 Å². The van der Waals surface area contributed by atoms with E-state index < -0.39 is 30.6 Å². The molecule has 1 aliphatic rings. The Morgan fingerprint density at radius 2 is 1.75 bits per heavy atom. The molecule has 1 aromatic rings. The smallest absolute Gasteiger partial charge is 0.200 e. The lowest BCUT2D eigenvalue weighted by molar-refractivity contribution is 0.0480. The largest absolute Gasteiger partial charge is 0.487 e. The molecule has 1 nitrogen and oxygen atoms in total. The van der Waals surface area contributed by atoms with Crippen molar-refractivity contribution in [3.63, 3.8) is 0 Å². The Bertz CT molecular complexity index is 526. The van der Waals surface area contributed by atoms with Gasteiger partial charge in [-0.15, -0.1) is 0 Å². The zero-order valence-electron chi connectivity index (χ0n) is 14.3. The van der Waals surface area contributed by atoms with Crippen molar-refractivity contribution in [2.45, 2.75) is 64.7 Å². The van der Waals surface area contributed by atoms with Crippen molar-refractivity contribution in [1.29, 1.82) is 0 Å². The number of aryl methyl sites for hydroxylation is 1. The first-order valence-corrected chi connectivity index (χ1v) is 8.79. The van der Waals surface area contributed by atoms with Gasteiger partial charge < -0.3 is 4.74 Å². The van der Waals surface area contributed by atoms with Gasteiger partial charge in [-0.3, -0.25) is 0 Å². The molecule has 0 unspecified atom stereocenters. The van der Waals surface area contributed by atoms with Gasteiger partial charge in [-0.05, 0) is 43.2 Å². The number of rotatable bonds is 7. The predicted molar refractivity (Wildman–Crippen MR) is 86.7 cm³/mol. The maximum absolute atomic E-state index is 14.3. The van der Waals surface area contributed by atoms with Crippen LogP contribution in [0.25, 0.3) is 0 Å². The Hall–Kier alpha value is -1.26.